The molecule has 4 heteroatoms. The van der Waals surface area contributed by atoms with Crippen LogP contribution >= 0.6 is 0 Å². The van der Waals surface area contributed by atoms with Gasteiger partial charge in [-0.3, -0.25) is 9.69 Å². The van der Waals surface area contributed by atoms with Gasteiger partial charge in [-0.15, -0.1) is 0 Å². The monoisotopic (exact) mass is 343 g/mol. The van der Waals surface area contributed by atoms with Gasteiger partial charge >= 0.3 is 0 Å². The number of nitrogens with zero attached hydrogens (tertiary/aromatic N) is 2. The van der Waals surface area contributed by atoms with Crippen LogP contribution < -0.4 is 10.2 Å². The average molecular weight is 344 g/mol. The van der Waals surface area contributed by atoms with Gasteiger partial charge in [0.25, 0.3) is 0 Å². The highest BCUT2D eigenvalue weighted by Crippen LogP contribution is 2.29. The molecule has 0 aromatic heterocycles. The first-order valence-corrected chi connectivity index (χ1v) is 9.87. The molecule has 3 atom stereocenters. The van der Waals surface area contributed by atoms with Crippen LogP contribution in [0.1, 0.15) is 38.7 Å². The summed E-state index contributed by atoms with van der Waals surface area (Å²) in [6, 6.07) is 8.93. The Morgan fingerprint density at radius 3 is 2.56 bits per heavy atom. The number of amides is 1. The van der Waals surface area contributed by atoms with Crippen LogP contribution in [0.2, 0.25) is 0 Å². The summed E-state index contributed by atoms with van der Waals surface area (Å²) in [4.78, 5) is 17.2. The Labute approximate surface area is 152 Å². The molecule has 1 aliphatic heterocycles. The molecule has 0 unspecified atom stereocenters. The van der Waals surface area contributed by atoms with E-state index in [-0.39, 0.29) is 5.91 Å². The minimum absolute atomic E-state index is 0.204. The fourth-order valence-electron chi connectivity index (χ4n) is 4.31. The van der Waals surface area contributed by atoms with Crippen molar-refractivity contribution < 1.29 is 4.79 Å². The second-order valence-electron chi connectivity index (χ2n) is 7.99. The number of hydrogen-bond donors (Lipinski definition) is 1. The minimum Gasteiger partial charge on any atom is -0.369 e. The number of aryl methyl sites for hydroxylation is 1. The standard InChI is InChI=1S/C21H33N3O/c1-16-8-6-9-19(18(16)3)22-21(25)15-23-11-13-24(14-12-23)20-10-5-4-7-17(20)2/h4-5,7,10,16,18-19H,6,8-9,11-15H2,1-3H3,(H,22,25)/t16-,18-,19+/m0/s1. The number of piperazine rings is 1. The number of carbonyl (C=O) groups excluding carboxylic acids is 1. The topological polar surface area (TPSA) is 35.6 Å². The smallest absolute Gasteiger partial charge is 0.234 e. The maximum Gasteiger partial charge on any atom is 0.234 e. The fourth-order valence-corrected chi connectivity index (χ4v) is 4.31. The van der Waals surface area contributed by atoms with E-state index >= 15 is 0 Å². The summed E-state index contributed by atoms with van der Waals surface area (Å²) in [5.74, 6) is 1.52. The van der Waals surface area contributed by atoms with Crippen molar-refractivity contribution >= 4 is 11.6 Å². The van der Waals surface area contributed by atoms with Crippen LogP contribution in [0.3, 0.4) is 0 Å². The van der Waals surface area contributed by atoms with Gasteiger partial charge in [0.15, 0.2) is 0 Å². The summed E-state index contributed by atoms with van der Waals surface area (Å²) in [6.07, 6.45) is 3.68. The third-order valence-corrected chi connectivity index (χ3v) is 6.25. The van der Waals surface area contributed by atoms with Gasteiger partial charge in [0.1, 0.15) is 0 Å². The molecular formula is C21H33N3O. The number of carbonyl (C=O) groups is 1. The van der Waals surface area contributed by atoms with Crippen molar-refractivity contribution in [1.82, 2.24) is 10.2 Å². The largest absolute Gasteiger partial charge is 0.369 e. The fraction of sp³-hybridized carbons (Fsp3) is 0.667. The summed E-state index contributed by atoms with van der Waals surface area (Å²) in [7, 11) is 0. The van der Waals surface area contributed by atoms with E-state index in [9.17, 15) is 4.79 Å². The molecule has 138 valence electrons. The molecule has 3 rings (SSSR count). The maximum absolute atomic E-state index is 12.5. The number of rotatable bonds is 4. The first-order chi connectivity index (χ1) is 12.0. The zero-order chi connectivity index (χ0) is 17.8. The van der Waals surface area contributed by atoms with Gasteiger partial charge in [0.2, 0.25) is 5.91 Å². The van der Waals surface area contributed by atoms with Crippen LogP contribution in [0.5, 0.6) is 0 Å². The van der Waals surface area contributed by atoms with Gasteiger partial charge < -0.3 is 10.2 Å². The molecule has 1 saturated carbocycles. The molecule has 1 heterocycles. The predicted octanol–water partition coefficient (Wildman–Crippen LogP) is 3.06. The highest BCUT2D eigenvalue weighted by atomic mass is 16.2. The summed E-state index contributed by atoms with van der Waals surface area (Å²) in [5.41, 5.74) is 2.66. The van der Waals surface area contributed by atoms with E-state index in [2.05, 4.69) is 60.2 Å². The SMILES string of the molecule is Cc1ccccc1N1CCN(CC(=O)N[C@@H]2CCC[C@H](C)[C@@H]2C)CC1. The van der Waals surface area contributed by atoms with Crippen molar-refractivity contribution in [2.24, 2.45) is 11.8 Å². The van der Waals surface area contributed by atoms with Crippen molar-refractivity contribution in [3.05, 3.63) is 29.8 Å². The van der Waals surface area contributed by atoms with Gasteiger partial charge in [0, 0.05) is 37.9 Å². The van der Waals surface area contributed by atoms with Gasteiger partial charge in [-0.25, -0.2) is 0 Å². The van der Waals surface area contributed by atoms with Gasteiger partial charge in [-0.05, 0) is 36.8 Å². The molecule has 1 amide bonds. The zero-order valence-corrected chi connectivity index (χ0v) is 16.0. The Balaban J connectivity index is 1.46. The van der Waals surface area contributed by atoms with Crippen LogP contribution in [0, 0.1) is 18.8 Å². The lowest BCUT2D eigenvalue weighted by molar-refractivity contribution is -0.123. The van der Waals surface area contributed by atoms with Crippen molar-refractivity contribution in [3.63, 3.8) is 0 Å². The second kappa shape index (κ2) is 8.22. The van der Waals surface area contributed by atoms with Crippen LogP contribution in [0.4, 0.5) is 5.69 Å². The highest BCUT2D eigenvalue weighted by Gasteiger charge is 2.29. The van der Waals surface area contributed by atoms with Crippen LogP contribution in [0.25, 0.3) is 0 Å². The Morgan fingerprint density at radius 2 is 1.84 bits per heavy atom. The van der Waals surface area contributed by atoms with Crippen LogP contribution in [0.15, 0.2) is 24.3 Å². The average Bonchev–Trinajstić information content (AvgIpc) is 2.60. The van der Waals surface area contributed by atoms with Crippen molar-refractivity contribution in [2.45, 2.75) is 46.1 Å². The number of nitrogens with one attached hydrogen (secondary N) is 1. The Kier molecular flexibility index (Phi) is 6.00. The molecule has 2 fully saturated rings. The summed E-state index contributed by atoms with van der Waals surface area (Å²) in [6.45, 7) is 11.2. The first kappa shape index (κ1) is 18.2. The van der Waals surface area contributed by atoms with E-state index in [1.165, 1.54) is 24.1 Å². The van der Waals surface area contributed by atoms with E-state index < -0.39 is 0 Å². The van der Waals surface area contributed by atoms with E-state index in [0.29, 0.717) is 18.5 Å². The third kappa shape index (κ3) is 4.55. The molecule has 0 bridgehead atoms. The molecule has 0 spiro atoms. The zero-order valence-electron chi connectivity index (χ0n) is 16.0. The first-order valence-electron chi connectivity index (χ1n) is 9.87. The lowest BCUT2D eigenvalue weighted by atomic mass is 9.78. The molecule has 1 aliphatic carbocycles. The van der Waals surface area contributed by atoms with Gasteiger partial charge in [-0.1, -0.05) is 44.9 Å². The number of benzene rings is 1. The predicted molar refractivity (Wildman–Crippen MR) is 104 cm³/mol. The second-order valence-corrected chi connectivity index (χ2v) is 7.99. The minimum atomic E-state index is 0.204. The van der Waals surface area contributed by atoms with Crippen molar-refractivity contribution in [1.29, 1.82) is 0 Å². The molecule has 1 aromatic carbocycles. The molecule has 1 N–H and O–H groups in total. The maximum atomic E-state index is 12.5. The van der Waals surface area contributed by atoms with E-state index in [1.807, 2.05) is 0 Å². The number of para-hydroxylation sites is 1. The van der Waals surface area contributed by atoms with Crippen LogP contribution in [-0.4, -0.2) is 49.6 Å². The normalized spacial score (nSPS) is 28.0. The van der Waals surface area contributed by atoms with Crippen LogP contribution in [-0.2, 0) is 4.79 Å². The lowest BCUT2D eigenvalue weighted by Gasteiger charge is -2.38. The summed E-state index contributed by atoms with van der Waals surface area (Å²) in [5, 5.41) is 3.30. The Hall–Kier alpha value is -1.55. The Bertz CT molecular complexity index is 580. The van der Waals surface area contributed by atoms with Gasteiger partial charge in [0.05, 0.1) is 6.54 Å². The molecule has 1 saturated heterocycles. The summed E-state index contributed by atoms with van der Waals surface area (Å²) < 4.78 is 0. The molecule has 4 nitrogen and oxygen atoms in total. The van der Waals surface area contributed by atoms with Gasteiger partial charge in [-0.2, -0.15) is 0 Å². The van der Waals surface area contributed by atoms with E-state index in [4.69, 9.17) is 0 Å². The van der Waals surface area contributed by atoms with Crippen molar-refractivity contribution in [3.8, 4) is 0 Å². The third-order valence-electron chi connectivity index (χ3n) is 6.25. The molecule has 0 radical (unpaired) electrons. The van der Waals surface area contributed by atoms with E-state index in [0.717, 1.165) is 38.5 Å². The molecule has 2 aliphatic rings. The molecule has 1 aromatic rings. The number of hydrogen-bond acceptors (Lipinski definition) is 3. The molecule has 25 heavy (non-hydrogen) atoms. The Morgan fingerprint density at radius 1 is 1.12 bits per heavy atom. The molecular weight excluding hydrogens is 310 g/mol. The summed E-state index contributed by atoms with van der Waals surface area (Å²) >= 11 is 0. The van der Waals surface area contributed by atoms with E-state index in [1.54, 1.807) is 0 Å². The lowest BCUT2D eigenvalue weighted by Crippen LogP contribution is -2.52. The highest BCUT2D eigenvalue weighted by molar-refractivity contribution is 5.78. The van der Waals surface area contributed by atoms with Crippen molar-refractivity contribution in [2.75, 3.05) is 37.6 Å². The number of anilines is 1. The quantitative estimate of drug-likeness (QED) is 0.913.